The summed E-state index contributed by atoms with van der Waals surface area (Å²) in [5.41, 5.74) is 7.06. The molecule has 0 aromatic heterocycles. The Morgan fingerprint density at radius 3 is 2.45 bits per heavy atom. The van der Waals surface area contributed by atoms with E-state index in [9.17, 15) is 4.79 Å². The fourth-order valence-electron chi connectivity index (χ4n) is 2.52. The molecule has 1 aromatic rings. The van der Waals surface area contributed by atoms with Crippen LogP contribution < -0.4 is 5.73 Å². The number of carbonyl (C=O) groups is 1. The standard InChI is InChI=1S/C15H21N3OS/c1-17(2)13-4-3-9-18(10-13)15(19)12-7-5-11(6-8-12)14(16)20/h5-8,13H,3-4,9-10H2,1-2H3,(H2,16,20). The molecule has 1 amide bonds. The highest BCUT2D eigenvalue weighted by Gasteiger charge is 2.25. The molecule has 0 spiro atoms. The van der Waals surface area contributed by atoms with Crippen LogP contribution in [0.5, 0.6) is 0 Å². The average Bonchev–Trinajstić information content (AvgIpc) is 2.46. The molecule has 1 unspecified atom stereocenters. The molecule has 0 saturated carbocycles. The minimum atomic E-state index is 0.0889. The van der Waals surface area contributed by atoms with Crippen molar-refractivity contribution < 1.29 is 4.79 Å². The highest BCUT2D eigenvalue weighted by Crippen LogP contribution is 2.17. The van der Waals surface area contributed by atoms with Crippen molar-refractivity contribution in [1.82, 2.24) is 9.80 Å². The van der Waals surface area contributed by atoms with Crippen LogP contribution in [0, 0.1) is 0 Å². The van der Waals surface area contributed by atoms with E-state index < -0.39 is 0 Å². The molecule has 4 nitrogen and oxygen atoms in total. The zero-order valence-corrected chi connectivity index (χ0v) is 12.8. The normalized spacial score (nSPS) is 19.1. The molecule has 0 radical (unpaired) electrons. The molecular weight excluding hydrogens is 270 g/mol. The fraction of sp³-hybridized carbons (Fsp3) is 0.467. The smallest absolute Gasteiger partial charge is 0.253 e. The Morgan fingerprint density at radius 2 is 1.90 bits per heavy atom. The highest BCUT2D eigenvalue weighted by molar-refractivity contribution is 7.80. The zero-order valence-electron chi connectivity index (χ0n) is 12.0. The number of rotatable bonds is 3. The van der Waals surface area contributed by atoms with Crippen LogP contribution in [0.2, 0.25) is 0 Å². The Bertz CT molecular complexity index is 498. The third-order valence-corrected chi connectivity index (χ3v) is 4.07. The monoisotopic (exact) mass is 291 g/mol. The van der Waals surface area contributed by atoms with Crippen LogP contribution in [0.1, 0.15) is 28.8 Å². The number of benzene rings is 1. The van der Waals surface area contributed by atoms with Crippen LogP contribution in [-0.4, -0.2) is 53.9 Å². The maximum absolute atomic E-state index is 12.5. The first-order valence-corrected chi connectivity index (χ1v) is 7.25. The molecule has 0 bridgehead atoms. The summed E-state index contributed by atoms with van der Waals surface area (Å²) in [6.07, 6.45) is 2.21. The molecule has 0 aliphatic carbocycles. The number of amides is 1. The Labute approximate surface area is 125 Å². The first kappa shape index (κ1) is 14.9. The van der Waals surface area contributed by atoms with E-state index in [2.05, 4.69) is 19.0 Å². The van der Waals surface area contributed by atoms with Gasteiger partial charge in [0.2, 0.25) is 0 Å². The van der Waals surface area contributed by atoms with E-state index in [1.165, 1.54) is 0 Å². The quantitative estimate of drug-likeness (QED) is 0.857. The van der Waals surface area contributed by atoms with Crippen LogP contribution in [0.4, 0.5) is 0 Å². The Kier molecular flexibility index (Phi) is 4.73. The van der Waals surface area contributed by atoms with Crippen molar-refractivity contribution in [1.29, 1.82) is 0 Å². The molecular formula is C15H21N3OS. The van der Waals surface area contributed by atoms with Gasteiger partial charge in [0.1, 0.15) is 4.99 Å². The number of thiocarbonyl (C=S) groups is 1. The Hall–Kier alpha value is -1.46. The second-order valence-electron chi connectivity index (χ2n) is 5.45. The highest BCUT2D eigenvalue weighted by atomic mass is 32.1. The second kappa shape index (κ2) is 6.33. The number of nitrogens with two attached hydrogens (primary N) is 1. The van der Waals surface area contributed by atoms with Gasteiger partial charge in [-0.05, 0) is 39.1 Å². The topological polar surface area (TPSA) is 49.6 Å². The third-order valence-electron chi connectivity index (χ3n) is 3.83. The maximum Gasteiger partial charge on any atom is 0.253 e. The number of likely N-dealkylation sites (tertiary alicyclic amines) is 1. The minimum Gasteiger partial charge on any atom is -0.389 e. The van der Waals surface area contributed by atoms with E-state index in [0.717, 1.165) is 31.5 Å². The molecule has 1 saturated heterocycles. The average molecular weight is 291 g/mol. The summed E-state index contributed by atoms with van der Waals surface area (Å²) < 4.78 is 0. The van der Waals surface area contributed by atoms with Crippen LogP contribution in [-0.2, 0) is 0 Å². The molecule has 1 aliphatic rings. The van der Waals surface area contributed by atoms with Crippen molar-refractivity contribution in [3.05, 3.63) is 35.4 Å². The molecule has 108 valence electrons. The predicted molar refractivity (Wildman–Crippen MR) is 84.9 cm³/mol. The molecule has 1 atom stereocenters. The molecule has 5 heteroatoms. The van der Waals surface area contributed by atoms with Crippen molar-refractivity contribution >= 4 is 23.1 Å². The van der Waals surface area contributed by atoms with Crippen molar-refractivity contribution in [3.8, 4) is 0 Å². The van der Waals surface area contributed by atoms with Crippen molar-refractivity contribution in [2.45, 2.75) is 18.9 Å². The molecule has 2 N–H and O–H groups in total. The van der Waals surface area contributed by atoms with Gasteiger partial charge in [0.05, 0.1) is 0 Å². The number of piperidine rings is 1. The van der Waals surface area contributed by atoms with Crippen LogP contribution >= 0.6 is 12.2 Å². The summed E-state index contributed by atoms with van der Waals surface area (Å²) in [5.74, 6) is 0.0889. The number of hydrogen-bond acceptors (Lipinski definition) is 3. The number of nitrogens with zero attached hydrogens (tertiary/aromatic N) is 2. The third kappa shape index (κ3) is 3.35. The van der Waals surface area contributed by atoms with E-state index in [-0.39, 0.29) is 5.91 Å². The molecule has 1 aliphatic heterocycles. The van der Waals surface area contributed by atoms with Crippen LogP contribution in [0.15, 0.2) is 24.3 Å². The predicted octanol–water partition coefficient (Wildman–Crippen LogP) is 1.49. The molecule has 1 aromatic carbocycles. The van der Waals surface area contributed by atoms with Gasteiger partial charge in [0.25, 0.3) is 5.91 Å². The summed E-state index contributed by atoms with van der Waals surface area (Å²) >= 11 is 4.92. The summed E-state index contributed by atoms with van der Waals surface area (Å²) in [6.45, 7) is 1.63. The van der Waals surface area contributed by atoms with Gasteiger partial charge in [0, 0.05) is 30.3 Å². The van der Waals surface area contributed by atoms with E-state index in [1.54, 1.807) is 12.1 Å². The largest absolute Gasteiger partial charge is 0.389 e. The number of carbonyl (C=O) groups excluding carboxylic acids is 1. The van der Waals surface area contributed by atoms with E-state index >= 15 is 0 Å². The van der Waals surface area contributed by atoms with Gasteiger partial charge in [-0.2, -0.15) is 0 Å². The number of likely N-dealkylation sites (N-methyl/N-ethyl adjacent to an activating group) is 1. The van der Waals surface area contributed by atoms with Crippen LogP contribution in [0.3, 0.4) is 0 Å². The van der Waals surface area contributed by atoms with Gasteiger partial charge in [0.15, 0.2) is 0 Å². The summed E-state index contributed by atoms with van der Waals surface area (Å²) in [6, 6.07) is 7.67. The van der Waals surface area contributed by atoms with Gasteiger partial charge in [-0.3, -0.25) is 4.79 Å². The lowest BCUT2D eigenvalue weighted by Gasteiger charge is -2.36. The molecule has 2 rings (SSSR count). The second-order valence-corrected chi connectivity index (χ2v) is 5.89. The fourth-order valence-corrected chi connectivity index (χ4v) is 2.66. The number of hydrogen-bond donors (Lipinski definition) is 1. The van der Waals surface area contributed by atoms with Gasteiger partial charge in [-0.1, -0.05) is 24.4 Å². The molecule has 1 heterocycles. The van der Waals surface area contributed by atoms with Gasteiger partial charge in [-0.25, -0.2) is 0 Å². The summed E-state index contributed by atoms with van der Waals surface area (Å²) in [4.78, 5) is 17.0. The summed E-state index contributed by atoms with van der Waals surface area (Å²) in [5, 5.41) is 0. The lowest BCUT2D eigenvalue weighted by molar-refractivity contribution is 0.0635. The molecule has 1 fully saturated rings. The van der Waals surface area contributed by atoms with E-state index in [4.69, 9.17) is 18.0 Å². The van der Waals surface area contributed by atoms with Gasteiger partial charge >= 0.3 is 0 Å². The Balaban J connectivity index is 2.08. The van der Waals surface area contributed by atoms with Crippen molar-refractivity contribution in [2.24, 2.45) is 5.73 Å². The Morgan fingerprint density at radius 1 is 1.30 bits per heavy atom. The first-order valence-electron chi connectivity index (χ1n) is 6.84. The first-order chi connectivity index (χ1) is 9.49. The minimum absolute atomic E-state index is 0.0889. The SMILES string of the molecule is CN(C)C1CCCN(C(=O)c2ccc(C(N)=S)cc2)C1. The summed E-state index contributed by atoms with van der Waals surface area (Å²) in [7, 11) is 4.13. The lowest BCUT2D eigenvalue weighted by atomic mass is 10.0. The van der Waals surface area contributed by atoms with E-state index in [1.807, 2.05) is 17.0 Å². The van der Waals surface area contributed by atoms with Crippen molar-refractivity contribution in [3.63, 3.8) is 0 Å². The van der Waals surface area contributed by atoms with Gasteiger partial charge < -0.3 is 15.5 Å². The van der Waals surface area contributed by atoms with E-state index in [0.29, 0.717) is 16.6 Å². The lowest BCUT2D eigenvalue weighted by Crippen LogP contribution is -2.47. The van der Waals surface area contributed by atoms with Crippen LogP contribution in [0.25, 0.3) is 0 Å². The van der Waals surface area contributed by atoms with Gasteiger partial charge in [-0.15, -0.1) is 0 Å². The molecule has 20 heavy (non-hydrogen) atoms. The maximum atomic E-state index is 12.5. The van der Waals surface area contributed by atoms with Crippen molar-refractivity contribution in [2.75, 3.05) is 27.2 Å². The zero-order chi connectivity index (χ0) is 14.7.